The number of nitrogens with one attached hydrogen (secondary N) is 1. The molecule has 0 aromatic heterocycles. The maximum atomic E-state index is 12.2. The first-order chi connectivity index (χ1) is 9.74. The number of imide groups is 1. The average molecular weight is 304 g/mol. The lowest BCUT2D eigenvalue weighted by Crippen LogP contribution is -2.71. The molecule has 2 fully saturated rings. The highest BCUT2D eigenvalue weighted by Crippen LogP contribution is 2.32. The van der Waals surface area contributed by atoms with Gasteiger partial charge in [0.25, 0.3) is 5.91 Å². The van der Waals surface area contributed by atoms with E-state index in [0.29, 0.717) is 0 Å². The monoisotopic (exact) mass is 304 g/mol. The van der Waals surface area contributed by atoms with Crippen LogP contribution in [0, 0.1) is 0 Å². The molecule has 2 aliphatic rings. The molecular formula is C10H14N3O8+. The van der Waals surface area contributed by atoms with Gasteiger partial charge in [0.15, 0.2) is 6.10 Å². The highest BCUT2D eigenvalue weighted by atomic mass is 16.6. The fraction of sp³-hybridized carbons (Fsp3) is 0.700. The lowest BCUT2D eigenvalue weighted by Gasteiger charge is -2.40. The normalized spacial score (nSPS) is 41.7. The average Bonchev–Trinajstić information content (AvgIpc) is 2.65. The Hall–Kier alpha value is -1.79. The third kappa shape index (κ3) is 2.24. The summed E-state index contributed by atoms with van der Waals surface area (Å²) in [5.74, 6) is -2.08. The molecule has 0 aromatic rings. The maximum Gasteiger partial charge on any atom is 0.523 e. The van der Waals surface area contributed by atoms with Crippen LogP contribution in [-0.2, 0) is 14.3 Å². The number of hydrogen-bond donors (Lipinski definition) is 5. The van der Waals surface area contributed by atoms with Gasteiger partial charge < -0.3 is 25.2 Å². The van der Waals surface area contributed by atoms with Gasteiger partial charge in [0, 0.05) is 6.92 Å². The first-order valence-corrected chi connectivity index (χ1v) is 5.96. The van der Waals surface area contributed by atoms with Crippen LogP contribution in [0.2, 0.25) is 0 Å². The van der Waals surface area contributed by atoms with E-state index >= 15 is 0 Å². The van der Waals surface area contributed by atoms with Crippen molar-refractivity contribution in [2.45, 2.75) is 37.1 Å². The van der Waals surface area contributed by atoms with E-state index in [2.05, 4.69) is 5.11 Å². The van der Waals surface area contributed by atoms with Crippen molar-refractivity contribution in [3.05, 3.63) is 0 Å². The van der Waals surface area contributed by atoms with Crippen molar-refractivity contribution in [1.82, 2.24) is 5.32 Å². The van der Waals surface area contributed by atoms with Crippen LogP contribution in [0.15, 0.2) is 5.11 Å². The highest BCUT2D eigenvalue weighted by molar-refractivity contribution is 5.95. The summed E-state index contributed by atoms with van der Waals surface area (Å²) < 4.78 is 5.23. The summed E-state index contributed by atoms with van der Waals surface area (Å²) in [7, 11) is 0. The molecule has 2 aliphatic heterocycles. The van der Waals surface area contributed by atoms with Crippen LogP contribution >= 0.6 is 0 Å². The van der Waals surface area contributed by atoms with Crippen LogP contribution in [0.3, 0.4) is 0 Å². The summed E-state index contributed by atoms with van der Waals surface area (Å²) >= 11 is 0. The Morgan fingerprint density at radius 1 is 1.38 bits per heavy atom. The molecule has 4 amide bonds. The van der Waals surface area contributed by atoms with Crippen molar-refractivity contribution in [2.24, 2.45) is 5.11 Å². The topological polar surface area (TPSA) is 169 Å². The van der Waals surface area contributed by atoms with Gasteiger partial charge in [-0.2, -0.15) is 10.1 Å². The fourth-order valence-electron chi connectivity index (χ4n) is 2.20. The molecule has 11 heteroatoms. The van der Waals surface area contributed by atoms with Gasteiger partial charge in [0.2, 0.25) is 0 Å². The van der Waals surface area contributed by atoms with Crippen LogP contribution in [0.25, 0.3) is 0 Å². The number of carbonyl (C=O) groups is 3. The largest absolute Gasteiger partial charge is 0.523 e. The van der Waals surface area contributed by atoms with Gasteiger partial charge >= 0.3 is 17.7 Å². The van der Waals surface area contributed by atoms with Gasteiger partial charge in [-0.05, 0) is 9.81 Å². The third-order valence-corrected chi connectivity index (χ3v) is 3.22. The van der Waals surface area contributed by atoms with Crippen LogP contribution < -0.4 is 5.32 Å². The van der Waals surface area contributed by atoms with Gasteiger partial charge in [-0.15, -0.1) is 0 Å². The zero-order valence-electron chi connectivity index (χ0n) is 10.8. The fourth-order valence-corrected chi connectivity index (χ4v) is 2.20. The zero-order valence-corrected chi connectivity index (χ0v) is 10.8. The molecule has 0 radical (unpaired) electrons. The van der Waals surface area contributed by atoms with Gasteiger partial charge in [-0.1, -0.05) is 0 Å². The summed E-state index contributed by atoms with van der Waals surface area (Å²) in [6, 6.07) is -1.14. The molecular weight excluding hydrogens is 290 g/mol. The molecule has 0 aromatic carbocycles. The minimum Gasteiger partial charge on any atom is -0.394 e. The quantitative estimate of drug-likeness (QED) is 0.244. The number of azo groups is 2. The Labute approximate surface area is 117 Å². The molecule has 0 bridgehead atoms. The second-order valence-corrected chi connectivity index (χ2v) is 4.67. The van der Waals surface area contributed by atoms with E-state index in [0.717, 1.165) is 6.92 Å². The Kier molecular flexibility index (Phi) is 3.86. The Morgan fingerprint density at radius 3 is 2.52 bits per heavy atom. The number of rotatable bonds is 1. The van der Waals surface area contributed by atoms with Crippen molar-refractivity contribution in [2.75, 3.05) is 6.61 Å². The van der Waals surface area contributed by atoms with E-state index in [9.17, 15) is 29.7 Å². The van der Waals surface area contributed by atoms with Gasteiger partial charge in [-0.25, -0.2) is 4.79 Å². The molecule has 2 saturated heterocycles. The van der Waals surface area contributed by atoms with Gasteiger partial charge in [0.1, 0.15) is 18.3 Å². The second kappa shape index (κ2) is 5.20. The van der Waals surface area contributed by atoms with E-state index in [1.807, 2.05) is 5.32 Å². The third-order valence-electron chi connectivity index (χ3n) is 3.22. The Bertz CT molecular complexity index is 532. The molecule has 21 heavy (non-hydrogen) atoms. The van der Waals surface area contributed by atoms with E-state index in [1.54, 1.807) is 0 Å². The van der Waals surface area contributed by atoms with E-state index < -0.39 is 54.6 Å². The molecule has 5 N–H and O–H groups in total. The number of ether oxygens (including phenoxy) is 1. The number of urea groups is 1. The van der Waals surface area contributed by atoms with Crippen LogP contribution in [0.4, 0.5) is 4.79 Å². The first-order valence-electron chi connectivity index (χ1n) is 5.96. The van der Waals surface area contributed by atoms with Gasteiger partial charge in [-0.3, -0.25) is 4.79 Å². The minimum atomic E-state index is -2.43. The molecule has 116 valence electrons. The van der Waals surface area contributed by atoms with Crippen molar-refractivity contribution in [3.63, 3.8) is 0 Å². The van der Waals surface area contributed by atoms with Crippen molar-refractivity contribution >= 4 is 17.8 Å². The summed E-state index contributed by atoms with van der Waals surface area (Å²) in [6.07, 6.45) is -6.97. The predicted molar refractivity (Wildman–Crippen MR) is 59.6 cm³/mol. The SMILES string of the molecule is CC(=O)N=[N+]1C(=O)N[C@@]2(O[C@H](CO)[C@@H](O)[C@H](O)[C@H]2O)C1=O. The molecule has 1 spiro atoms. The van der Waals surface area contributed by atoms with Crippen molar-refractivity contribution in [1.29, 1.82) is 0 Å². The Balaban J connectivity index is 2.44. The summed E-state index contributed by atoms with van der Waals surface area (Å²) in [5, 5.41) is 43.5. The smallest absolute Gasteiger partial charge is 0.394 e. The standard InChI is InChI=1S/C10H13N3O8/c1-3(15)12-13-8(19)10(11-9(13)20)7(18)6(17)5(16)4(2-14)21-10/h4-7,14,16-18H,2H2,1H3/p+1/t4-,5-,6+,7-,10+/m1/s1. The Morgan fingerprint density at radius 2 is 2.00 bits per heavy atom. The number of nitrogens with zero attached hydrogens (tertiary/aromatic N) is 2. The van der Waals surface area contributed by atoms with Crippen LogP contribution in [0.1, 0.15) is 6.92 Å². The summed E-state index contributed by atoms with van der Waals surface area (Å²) in [4.78, 5) is 34.8. The van der Waals surface area contributed by atoms with Crippen LogP contribution in [-0.4, -0.2) is 79.7 Å². The molecule has 0 saturated carbocycles. The van der Waals surface area contributed by atoms with E-state index in [-0.39, 0.29) is 4.70 Å². The number of aliphatic hydroxyl groups is 4. The van der Waals surface area contributed by atoms with Crippen LogP contribution in [0.5, 0.6) is 0 Å². The molecule has 11 nitrogen and oxygen atoms in total. The highest BCUT2D eigenvalue weighted by Gasteiger charge is 2.70. The number of hydrogen-bond acceptors (Lipinski definition) is 8. The summed E-state index contributed by atoms with van der Waals surface area (Å²) in [5.41, 5.74) is -2.43. The number of aliphatic hydroxyl groups excluding tert-OH is 4. The minimum absolute atomic E-state index is 0.157. The van der Waals surface area contributed by atoms with Gasteiger partial charge in [0.05, 0.1) is 6.61 Å². The molecule has 0 unspecified atom stereocenters. The maximum absolute atomic E-state index is 12.2. The summed E-state index contributed by atoms with van der Waals surface area (Å²) in [6.45, 7) is 0.221. The van der Waals surface area contributed by atoms with E-state index in [1.165, 1.54) is 0 Å². The number of amides is 4. The molecule has 2 rings (SSSR count). The number of carbonyl (C=O) groups excluding carboxylic acids is 3. The first kappa shape index (κ1) is 15.6. The molecule has 5 atom stereocenters. The zero-order chi connectivity index (χ0) is 15.9. The predicted octanol–water partition coefficient (Wildman–Crippen LogP) is -3.58. The lowest BCUT2D eigenvalue weighted by atomic mass is 9.90. The van der Waals surface area contributed by atoms with Crippen molar-refractivity contribution in [3.8, 4) is 0 Å². The second-order valence-electron chi connectivity index (χ2n) is 4.67. The van der Waals surface area contributed by atoms with E-state index in [4.69, 9.17) is 9.84 Å². The molecule has 0 aliphatic carbocycles. The van der Waals surface area contributed by atoms with Crippen molar-refractivity contribution < 1.29 is 44.2 Å². The molecule has 2 heterocycles. The lowest BCUT2D eigenvalue weighted by molar-refractivity contribution is -0.419.